The average Bonchev–Trinajstić information content (AvgIpc) is 2.33. The summed E-state index contributed by atoms with van der Waals surface area (Å²) in [7, 11) is -3.43. The fraction of sp³-hybridized carbons (Fsp3) is 0.500. The van der Waals surface area contributed by atoms with Crippen molar-refractivity contribution >= 4 is 33.2 Å². The highest BCUT2D eigenvalue weighted by Crippen LogP contribution is 2.20. The van der Waals surface area contributed by atoms with E-state index >= 15 is 0 Å². The Morgan fingerprint density at radius 3 is 2.19 bits per heavy atom. The van der Waals surface area contributed by atoms with E-state index in [4.69, 9.17) is 11.6 Å². The summed E-state index contributed by atoms with van der Waals surface area (Å²) in [5, 5.41) is 3.27. The number of rotatable bonds is 5. The number of halogens is 1. The van der Waals surface area contributed by atoms with Crippen molar-refractivity contribution in [3.8, 4) is 0 Å². The van der Waals surface area contributed by atoms with Gasteiger partial charge in [0.25, 0.3) is 0 Å². The second-order valence-electron chi connectivity index (χ2n) is 5.82. The Kier molecular flexibility index (Phi) is 5.64. The van der Waals surface area contributed by atoms with E-state index in [0.29, 0.717) is 10.7 Å². The van der Waals surface area contributed by atoms with E-state index in [1.165, 1.54) is 4.31 Å². The Morgan fingerprint density at radius 1 is 1.24 bits per heavy atom. The number of carbonyl (C=O) groups is 1. The smallest absolute Gasteiger partial charge is 0.232 e. The van der Waals surface area contributed by atoms with Gasteiger partial charge in [-0.1, -0.05) is 32.4 Å². The quantitative estimate of drug-likeness (QED) is 0.899. The molecule has 0 saturated carbocycles. The lowest BCUT2D eigenvalue weighted by Gasteiger charge is -2.24. The first kappa shape index (κ1) is 17.8. The van der Waals surface area contributed by atoms with Gasteiger partial charge in [0.05, 0.1) is 18.5 Å². The van der Waals surface area contributed by atoms with Crippen LogP contribution in [0.25, 0.3) is 0 Å². The van der Waals surface area contributed by atoms with Crippen LogP contribution in [0.2, 0.25) is 5.02 Å². The molecule has 118 valence electrons. The van der Waals surface area contributed by atoms with Gasteiger partial charge in [-0.2, -0.15) is 0 Å². The summed E-state index contributed by atoms with van der Waals surface area (Å²) in [5.74, 6) is -0.118. The first-order valence-electron chi connectivity index (χ1n) is 6.53. The number of benzene rings is 1. The molecule has 0 saturated heterocycles. The Balaban J connectivity index is 2.78. The van der Waals surface area contributed by atoms with Crippen molar-refractivity contribution in [1.82, 2.24) is 5.32 Å². The first-order chi connectivity index (χ1) is 9.51. The lowest BCUT2D eigenvalue weighted by Crippen LogP contribution is -2.41. The maximum atomic E-state index is 11.9. The molecular weight excluding hydrogens is 312 g/mol. The van der Waals surface area contributed by atoms with E-state index in [-0.39, 0.29) is 19.0 Å². The molecule has 0 unspecified atom stereocenters. The lowest BCUT2D eigenvalue weighted by atomic mass is 9.96. The number of nitrogens with one attached hydrogen (secondary N) is 1. The molecule has 1 rings (SSSR count). The molecule has 0 aliphatic heterocycles. The molecule has 0 heterocycles. The largest absolute Gasteiger partial charge is 0.354 e. The molecule has 0 aliphatic rings. The van der Waals surface area contributed by atoms with Gasteiger partial charge >= 0.3 is 0 Å². The van der Waals surface area contributed by atoms with Crippen LogP contribution in [-0.2, 0) is 14.8 Å². The summed E-state index contributed by atoms with van der Waals surface area (Å²) in [6, 6.07) is 6.52. The summed E-state index contributed by atoms with van der Waals surface area (Å²) in [5.41, 5.74) is 0.0165. The van der Waals surface area contributed by atoms with Crippen LogP contribution < -0.4 is 9.62 Å². The fourth-order valence-electron chi connectivity index (χ4n) is 1.63. The Bertz CT molecular complexity index is 592. The number of hydrogen-bond donors (Lipinski definition) is 1. The highest BCUT2D eigenvalue weighted by Gasteiger charge is 2.22. The molecule has 1 aromatic rings. The van der Waals surface area contributed by atoms with E-state index < -0.39 is 15.4 Å². The Morgan fingerprint density at radius 2 is 1.76 bits per heavy atom. The minimum atomic E-state index is -3.43. The summed E-state index contributed by atoms with van der Waals surface area (Å²) < 4.78 is 25.0. The zero-order valence-electron chi connectivity index (χ0n) is 12.7. The molecule has 0 spiro atoms. The molecule has 0 atom stereocenters. The highest BCUT2D eigenvalue weighted by molar-refractivity contribution is 7.92. The second-order valence-corrected chi connectivity index (χ2v) is 8.16. The zero-order valence-corrected chi connectivity index (χ0v) is 14.3. The molecule has 0 fully saturated rings. The van der Waals surface area contributed by atoms with E-state index in [1.54, 1.807) is 45.0 Å². The minimum Gasteiger partial charge on any atom is -0.354 e. The molecule has 0 aromatic heterocycles. The number of nitrogens with zero attached hydrogens (tertiary/aromatic N) is 1. The van der Waals surface area contributed by atoms with Crippen LogP contribution >= 0.6 is 11.6 Å². The molecule has 21 heavy (non-hydrogen) atoms. The number of sulfonamides is 1. The maximum Gasteiger partial charge on any atom is 0.232 e. The third-order valence-corrected chi connectivity index (χ3v) is 4.24. The van der Waals surface area contributed by atoms with Crippen LogP contribution in [0.5, 0.6) is 0 Å². The predicted octanol–water partition coefficient (Wildman–Crippen LogP) is 2.27. The average molecular weight is 333 g/mol. The first-order valence-corrected chi connectivity index (χ1v) is 8.76. The number of anilines is 1. The van der Waals surface area contributed by atoms with Crippen LogP contribution in [0.3, 0.4) is 0 Å². The maximum absolute atomic E-state index is 11.9. The number of carbonyl (C=O) groups excluding carboxylic acids is 1. The van der Waals surface area contributed by atoms with Crippen molar-refractivity contribution in [2.24, 2.45) is 5.41 Å². The van der Waals surface area contributed by atoms with Gasteiger partial charge in [0, 0.05) is 17.0 Å². The van der Waals surface area contributed by atoms with Gasteiger partial charge in [0.1, 0.15) is 0 Å². The van der Waals surface area contributed by atoms with Crippen molar-refractivity contribution in [2.45, 2.75) is 20.8 Å². The fourth-order valence-corrected chi connectivity index (χ4v) is 2.68. The lowest BCUT2D eigenvalue weighted by molar-refractivity contribution is -0.128. The normalized spacial score (nSPS) is 12.0. The monoisotopic (exact) mass is 332 g/mol. The van der Waals surface area contributed by atoms with Crippen molar-refractivity contribution in [2.75, 3.05) is 23.7 Å². The van der Waals surface area contributed by atoms with Crippen LogP contribution in [0.15, 0.2) is 24.3 Å². The van der Waals surface area contributed by atoms with Crippen LogP contribution in [0, 0.1) is 5.41 Å². The Labute approximate surface area is 131 Å². The van der Waals surface area contributed by atoms with Gasteiger partial charge in [-0.05, 0) is 24.3 Å². The standard InChI is InChI=1S/C14H21ClN2O3S/c1-14(2,3)13(18)16-9-10-17(21(4,19)20)12-7-5-11(15)6-8-12/h5-8H,9-10H2,1-4H3,(H,16,18). The van der Waals surface area contributed by atoms with Gasteiger partial charge in [-0.25, -0.2) is 8.42 Å². The van der Waals surface area contributed by atoms with Crippen molar-refractivity contribution in [1.29, 1.82) is 0 Å². The molecule has 1 N–H and O–H groups in total. The van der Waals surface area contributed by atoms with Gasteiger partial charge in [-0.15, -0.1) is 0 Å². The molecule has 1 aromatic carbocycles. The number of amides is 1. The predicted molar refractivity (Wildman–Crippen MR) is 86.1 cm³/mol. The van der Waals surface area contributed by atoms with E-state index in [2.05, 4.69) is 5.32 Å². The number of hydrogen-bond acceptors (Lipinski definition) is 3. The van der Waals surface area contributed by atoms with Crippen LogP contribution in [0.1, 0.15) is 20.8 Å². The SMILES string of the molecule is CC(C)(C)C(=O)NCCN(c1ccc(Cl)cc1)S(C)(=O)=O. The molecule has 7 heteroatoms. The minimum absolute atomic E-state index is 0.118. The molecular formula is C14H21ClN2O3S. The summed E-state index contributed by atoms with van der Waals surface area (Å²) in [6.45, 7) is 5.82. The van der Waals surface area contributed by atoms with Gasteiger partial charge in [-0.3, -0.25) is 9.10 Å². The molecule has 0 bridgehead atoms. The van der Waals surface area contributed by atoms with E-state index in [1.807, 2.05) is 0 Å². The second kappa shape index (κ2) is 6.66. The third kappa shape index (κ3) is 5.55. The molecule has 5 nitrogen and oxygen atoms in total. The zero-order chi connectivity index (χ0) is 16.3. The summed E-state index contributed by atoms with van der Waals surface area (Å²) in [6.07, 6.45) is 1.13. The summed E-state index contributed by atoms with van der Waals surface area (Å²) >= 11 is 5.80. The topological polar surface area (TPSA) is 66.5 Å². The van der Waals surface area contributed by atoms with E-state index in [0.717, 1.165) is 6.26 Å². The summed E-state index contributed by atoms with van der Waals surface area (Å²) in [4.78, 5) is 11.8. The Hall–Kier alpha value is -1.27. The third-order valence-electron chi connectivity index (χ3n) is 2.80. The van der Waals surface area contributed by atoms with Gasteiger partial charge < -0.3 is 5.32 Å². The van der Waals surface area contributed by atoms with Crippen LogP contribution in [-0.4, -0.2) is 33.7 Å². The van der Waals surface area contributed by atoms with Gasteiger partial charge in [0.2, 0.25) is 15.9 Å². The van der Waals surface area contributed by atoms with Crippen molar-refractivity contribution in [3.05, 3.63) is 29.3 Å². The van der Waals surface area contributed by atoms with Gasteiger partial charge in [0.15, 0.2) is 0 Å². The highest BCUT2D eigenvalue weighted by atomic mass is 35.5. The molecule has 1 amide bonds. The van der Waals surface area contributed by atoms with Crippen molar-refractivity contribution in [3.63, 3.8) is 0 Å². The molecule has 0 radical (unpaired) electrons. The molecule has 0 aliphatic carbocycles. The van der Waals surface area contributed by atoms with Crippen molar-refractivity contribution < 1.29 is 13.2 Å². The van der Waals surface area contributed by atoms with E-state index in [9.17, 15) is 13.2 Å². The van der Waals surface area contributed by atoms with Crippen LogP contribution in [0.4, 0.5) is 5.69 Å².